The van der Waals surface area contributed by atoms with Crippen LogP contribution in [0.4, 0.5) is 13.2 Å². The molecule has 0 aliphatic carbocycles. The first kappa shape index (κ1) is 42.2. The number of aryl methyl sites for hydroxylation is 2. The van der Waals surface area contributed by atoms with Crippen LogP contribution < -0.4 is 19.7 Å². The second kappa shape index (κ2) is 19.8. The van der Waals surface area contributed by atoms with E-state index in [1.54, 1.807) is 66.8 Å². The molecule has 0 amide bonds. The second-order valence-corrected chi connectivity index (χ2v) is 13.4. The van der Waals surface area contributed by atoms with Crippen LogP contribution in [-0.2, 0) is 41.7 Å². The molecule has 0 radical (unpaired) electrons. The maximum Gasteiger partial charge on any atom is 2.00 e. The first-order valence-corrected chi connectivity index (χ1v) is 18.2. The number of nitrogens with zero attached hydrogens (tertiary/aromatic N) is 8. The van der Waals surface area contributed by atoms with E-state index in [2.05, 4.69) is 59.4 Å². The summed E-state index contributed by atoms with van der Waals surface area (Å²) in [5, 5.41) is 14.5. The van der Waals surface area contributed by atoms with E-state index in [-0.39, 0.29) is 25.2 Å². The Balaban J connectivity index is 0.000000241. The fraction of sp³-hybridized carbons (Fsp3) is 0.200. The number of hydrogen-bond donors (Lipinski definition) is 0. The van der Waals surface area contributed by atoms with Gasteiger partial charge in [-0.15, -0.1) is 11.3 Å². The third kappa shape index (κ3) is 11.3. The summed E-state index contributed by atoms with van der Waals surface area (Å²) < 4.78 is 47.6. The number of rotatable bonds is 14. The van der Waals surface area contributed by atoms with Crippen LogP contribution >= 0.6 is 11.3 Å². The molecular formula is C40H33F3N8O4RuS. The van der Waals surface area contributed by atoms with Crippen molar-refractivity contribution in [2.75, 3.05) is 0 Å². The van der Waals surface area contributed by atoms with Crippen LogP contribution in [0, 0.1) is 6.92 Å². The minimum Gasteiger partial charge on any atom is -0.574 e. The number of halogens is 3. The van der Waals surface area contributed by atoms with Crippen LogP contribution in [0.5, 0.6) is 11.5 Å². The van der Waals surface area contributed by atoms with E-state index in [0.717, 1.165) is 23.7 Å². The summed E-state index contributed by atoms with van der Waals surface area (Å²) in [6, 6.07) is 22.2. The normalized spacial score (nSPS) is 10.9. The number of aromatic nitrogens is 8. The Labute approximate surface area is 342 Å². The molecule has 0 bridgehead atoms. The van der Waals surface area contributed by atoms with Crippen molar-refractivity contribution < 1.29 is 51.7 Å². The topological polar surface area (TPSA) is 158 Å². The maximum atomic E-state index is 12.5. The first-order chi connectivity index (χ1) is 27.1. The standard InChI is InChI=1S/C27H25N3O4S.C13H8F3N5.Ru/c1-2-3-4-5-6-22-8-10-27(35-22)19-7-9-23(29-16-19)25-14-21(34-18-32)15-26(30-25)24-13-20(33-17-31)11-12-28-24;1-7-5-10(19-18-7)8-3-2-4-9(17-8)11-6-12(21-20-11)13(14,15)16;/h7-18H,2-6H2,1H3;2-6H,1H3;/q;-2;+2. The summed E-state index contributed by atoms with van der Waals surface area (Å²) in [4.78, 5) is 42.0. The van der Waals surface area contributed by atoms with Gasteiger partial charge in [-0.1, -0.05) is 49.7 Å². The Kier molecular flexibility index (Phi) is 14.7. The summed E-state index contributed by atoms with van der Waals surface area (Å²) in [6.07, 6.45) is 4.94. The van der Waals surface area contributed by atoms with Gasteiger partial charge in [-0.25, -0.2) is 4.98 Å². The molecule has 12 nitrogen and oxygen atoms in total. The Morgan fingerprint density at radius 2 is 1.40 bits per heavy atom. The van der Waals surface area contributed by atoms with Crippen molar-refractivity contribution in [1.29, 1.82) is 0 Å². The average molecular weight is 880 g/mol. The molecule has 7 aromatic heterocycles. The van der Waals surface area contributed by atoms with Crippen molar-refractivity contribution in [1.82, 2.24) is 40.3 Å². The molecule has 0 atom stereocenters. The predicted molar refractivity (Wildman–Crippen MR) is 202 cm³/mol. The SMILES string of the molecule is CCCCCCc1ccc(-c2ccc(-c3cc(OC=O)cc(-c4cc(OC=O)ccn4)n3)nc2)s1.Cc1cc(-c2cccc(-c3cc(C(F)(F)F)n[n-]3)n2)[n-]n1.[Ru+2]. The molecule has 0 aliphatic heterocycles. The van der Waals surface area contributed by atoms with Crippen LogP contribution in [0.1, 0.15) is 48.9 Å². The van der Waals surface area contributed by atoms with E-state index in [1.165, 1.54) is 41.6 Å². The van der Waals surface area contributed by atoms with Gasteiger partial charge < -0.3 is 29.9 Å². The molecule has 0 saturated heterocycles. The van der Waals surface area contributed by atoms with Crippen molar-refractivity contribution in [2.45, 2.75) is 52.1 Å². The van der Waals surface area contributed by atoms with E-state index in [0.29, 0.717) is 64.3 Å². The zero-order valence-electron chi connectivity index (χ0n) is 30.5. The van der Waals surface area contributed by atoms with Crippen molar-refractivity contribution in [3.8, 4) is 67.5 Å². The third-order valence-electron chi connectivity index (χ3n) is 8.17. The van der Waals surface area contributed by atoms with Crippen LogP contribution in [0.25, 0.3) is 56.0 Å². The number of unbranched alkanes of at least 4 members (excludes halogenated alkanes) is 3. The van der Waals surface area contributed by atoms with Gasteiger partial charge in [-0.2, -0.15) is 13.2 Å². The molecule has 57 heavy (non-hydrogen) atoms. The van der Waals surface area contributed by atoms with Gasteiger partial charge >= 0.3 is 25.7 Å². The summed E-state index contributed by atoms with van der Waals surface area (Å²) in [7, 11) is 0. The van der Waals surface area contributed by atoms with Gasteiger partial charge in [0.1, 0.15) is 17.2 Å². The Morgan fingerprint density at radius 1 is 0.719 bits per heavy atom. The monoisotopic (exact) mass is 880 g/mol. The van der Waals surface area contributed by atoms with E-state index in [9.17, 15) is 22.8 Å². The maximum absolute atomic E-state index is 12.5. The molecule has 7 aromatic rings. The van der Waals surface area contributed by atoms with Gasteiger partial charge in [0, 0.05) is 51.6 Å². The Morgan fingerprint density at radius 3 is 2.05 bits per heavy atom. The Hall–Kier alpha value is -5.93. The van der Waals surface area contributed by atoms with E-state index in [4.69, 9.17) is 9.47 Å². The molecule has 17 heteroatoms. The van der Waals surface area contributed by atoms with Crippen LogP contribution in [-0.4, -0.2) is 43.1 Å². The fourth-order valence-corrected chi connectivity index (χ4v) is 6.49. The Bertz CT molecular complexity index is 2400. The molecule has 0 unspecified atom stereocenters. The van der Waals surface area contributed by atoms with Gasteiger partial charge in [-0.05, 0) is 68.3 Å². The van der Waals surface area contributed by atoms with Crippen LogP contribution in [0.15, 0.2) is 91.3 Å². The number of carbonyl (C=O) groups is 2. The molecule has 292 valence electrons. The molecule has 0 N–H and O–H groups in total. The predicted octanol–water partition coefficient (Wildman–Crippen LogP) is 8.57. The molecule has 0 saturated carbocycles. The third-order valence-corrected chi connectivity index (χ3v) is 9.37. The molecule has 7 heterocycles. The molecular weight excluding hydrogens is 847 g/mol. The minimum atomic E-state index is -4.52. The molecule has 0 aromatic carbocycles. The van der Waals surface area contributed by atoms with Crippen molar-refractivity contribution in [3.63, 3.8) is 0 Å². The quantitative estimate of drug-likeness (QED) is 0.0583. The summed E-state index contributed by atoms with van der Waals surface area (Å²) >= 11 is 1.80. The van der Waals surface area contributed by atoms with Crippen LogP contribution in [0.2, 0.25) is 0 Å². The summed E-state index contributed by atoms with van der Waals surface area (Å²) in [5.74, 6) is 0.638. The smallest absolute Gasteiger partial charge is 0.574 e. The number of pyridine rings is 4. The second-order valence-electron chi connectivity index (χ2n) is 12.3. The molecule has 0 fully saturated rings. The number of hydrogen-bond acceptors (Lipinski definition) is 11. The van der Waals surface area contributed by atoms with Gasteiger partial charge in [0.15, 0.2) is 0 Å². The van der Waals surface area contributed by atoms with Gasteiger partial charge in [0.2, 0.25) is 0 Å². The van der Waals surface area contributed by atoms with E-state index in [1.807, 2.05) is 18.3 Å². The van der Waals surface area contributed by atoms with Crippen molar-refractivity contribution in [3.05, 3.63) is 108 Å². The van der Waals surface area contributed by atoms with Gasteiger partial charge in [-0.3, -0.25) is 24.5 Å². The largest absolute Gasteiger partial charge is 2.00 e. The zero-order valence-corrected chi connectivity index (χ0v) is 33.0. The van der Waals surface area contributed by atoms with Crippen LogP contribution in [0.3, 0.4) is 0 Å². The number of ether oxygens (including phenoxy) is 2. The fourth-order valence-electron chi connectivity index (χ4n) is 5.45. The van der Waals surface area contributed by atoms with Crippen molar-refractivity contribution in [2.24, 2.45) is 0 Å². The molecule has 7 rings (SSSR count). The van der Waals surface area contributed by atoms with Gasteiger partial charge in [0.25, 0.3) is 12.9 Å². The molecule has 0 spiro atoms. The number of thiophene rings is 1. The van der Waals surface area contributed by atoms with Crippen molar-refractivity contribution >= 4 is 24.3 Å². The summed E-state index contributed by atoms with van der Waals surface area (Å²) in [6.45, 7) is 4.72. The average Bonchev–Trinajstić information content (AvgIpc) is 3.99. The number of alkyl halides is 3. The first-order valence-electron chi connectivity index (χ1n) is 17.4. The van der Waals surface area contributed by atoms with Gasteiger partial charge in [0.05, 0.1) is 34.2 Å². The zero-order chi connectivity index (χ0) is 39.5. The molecule has 0 aliphatic rings. The summed E-state index contributed by atoms with van der Waals surface area (Å²) in [5.41, 5.74) is 4.26. The van der Waals surface area contributed by atoms with E-state index >= 15 is 0 Å². The minimum absolute atomic E-state index is 0. The number of carbonyl (C=O) groups excluding carboxylic acids is 2. The van der Waals surface area contributed by atoms with E-state index < -0.39 is 11.9 Å².